The van der Waals surface area contributed by atoms with Gasteiger partial charge in [-0.25, -0.2) is 0 Å². The number of thiophene rings is 1. The Balaban J connectivity index is 1.28. The van der Waals surface area contributed by atoms with Crippen molar-refractivity contribution < 1.29 is 4.42 Å². The largest absolute Gasteiger partial charge is 0.456 e. The van der Waals surface area contributed by atoms with Crippen LogP contribution in [0, 0.1) is 0 Å². The lowest BCUT2D eigenvalue weighted by Gasteiger charge is -2.28. The molecule has 47 heavy (non-hydrogen) atoms. The van der Waals surface area contributed by atoms with E-state index in [0.717, 1.165) is 39.0 Å². The van der Waals surface area contributed by atoms with E-state index in [2.05, 4.69) is 157 Å². The third-order valence-corrected chi connectivity index (χ3v) is 10.6. The third kappa shape index (κ3) is 4.10. The van der Waals surface area contributed by atoms with E-state index in [1.165, 1.54) is 52.8 Å². The van der Waals surface area contributed by atoms with Crippen molar-refractivity contribution in [1.82, 2.24) is 0 Å². The molecule has 8 aromatic carbocycles. The summed E-state index contributed by atoms with van der Waals surface area (Å²) in [4.78, 5) is 2.39. The van der Waals surface area contributed by atoms with Gasteiger partial charge in [-0.3, -0.25) is 0 Å². The smallest absolute Gasteiger partial charge is 0.137 e. The Morgan fingerprint density at radius 2 is 1.11 bits per heavy atom. The normalized spacial score (nSPS) is 11.8. The predicted octanol–water partition coefficient (Wildman–Crippen LogP) is 13.4. The van der Waals surface area contributed by atoms with Crippen LogP contribution in [0.1, 0.15) is 0 Å². The topological polar surface area (TPSA) is 16.4 Å². The van der Waals surface area contributed by atoms with Crippen LogP contribution in [0.5, 0.6) is 0 Å². The summed E-state index contributed by atoms with van der Waals surface area (Å²) in [7, 11) is 0. The van der Waals surface area contributed by atoms with Crippen LogP contribution in [0.4, 0.5) is 17.1 Å². The molecule has 10 rings (SSSR count). The maximum Gasteiger partial charge on any atom is 0.137 e. The van der Waals surface area contributed by atoms with Crippen molar-refractivity contribution in [3.8, 4) is 11.1 Å². The minimum atomic E-state index is 0.878. The number of benzene rings is 8. The molecule has 0 fully saturated rings. The molecule has 2 aromatic heterocycles. The van der Waals surface area contributed by atoms with Crippen molar-refractivity contribution in [2.75, 3.05) is 4.90 Å². The highest BCUT2D eigenvalue weighted by molar-refractivity contribution is 7.26. The van der Waals surface area contributed by atoms with Gasteiger partial charge >= 0.3 is 0 Å². The summed E-state index contributed by atoms with van der Waals surface area (Å²) in [5.74, 6) is 0. The van der Waals surface area contributed by atoms with Gasteiger partial charge in [0.1, 0.15) is 11.2 Å². The van der Waals surface area contributed by atoms with Gasteiger partial charge in [0, 0.05) is 53.9 Å². The average molecular weight is 618 g/mol. The maximum absolute atomic E-state index is 6.41. The van der Waals surface area contributed by atoms with Crippen molar-refractivity contribution in [3.05, 3.63) is 164 Å². The van der Waals surface area contributed by atoms with Crippen LogP contribution in [0.3, 0.4) is 0 Å². The maximum atomic E-state index is 6.41. The number of furan rings is 1. The SMILES string of the molecule is c1ccc(-c2ccccc2N(c2ccc3c(c2)oc2ccccc23)c2ccc3ccc4ccc5sc6ccccc6c5c4c3c2)cc1. The fourth-order valence-electron chi connectivity index (χ4n) is 7.30. The number of anilines is 3. The molecule has 10 aromatic rings. The molecule has 0 unspecified atom stereocenters. The molecule has 0 atom stereocenters. The van der Waals surface area contributed by atoms with Crippen LogP contribution in [-0.2, 0) is 0 Å². The van der Waals surface area contributed by atoms with E-state index < -0.39 is 0 Å². The number of fused-ring (bicyclic) bond motifs is 10. The van der Waals surface area contributed by atoms with E-state index in [0.29, 0.717) is 0 Å². The Labute approximate surface area is 275 Å². The molecule has 0 aliphatic carbocycles. The molecule has 220 valence electrons. The van der Waals surface area contributed by atoms with Gasteiger partial charge in [0.25, 0.3) is 0 Å². The first-order valence-corrected chi connectivity index (χ1v) is 16.7. The van der Waals surface area contributed by atoms with E-state index >= 15 is 0 Å². The summed E-state index contributed by atoms with van der Waals surface area (Å²) in [6.07, 6.45) is 0. The summed E-state index contributed by atoms with van der Waals surface area (Å²) >= 11 is 1.87. The Kier molecular flexibility index (Phi) is 5.78. The second kappa shape index (κ2) is 10.3. The molecule has 0 saturated carbocycles. The predicted molar refractivity (Wildman–Crippen MR) is 202 cm³/mol. The number of hydrogen-bond acceptors (Lipinski definition) is 3. The van der Waals surface area contributed by atoms with E-state index in [1.54, 1.807) is 0 Å². The van der Waals surface area contributed by atoms with E-state index in [9.17, 15) is 0 Å². The number of hydrogen-bond donors (Lipinski definition) is 0. The fraction of sp³-hybridized carbons (Fsp3) is 0. The number of para-hydroxylation sites is 2. The number of nitrogens with zero attached hydrogens (tertiary/aromatic N) is 1. The van der Waals surface area contributed by atoms with Crippen molar-refractivity contribution >= 4 is 92.1 Å². The van der Waals surface area contributed by atoms with Gasteiger partial charge in [-0.1, -0.05) is 109 Å². The van der Waals surface area contributed by atoms with E-state index in [-0.39, 0.29) is 0 Å². The molecule has 0 aliphatic rings. The quantitative estimate of drug-likeness (QED) is 0.183. The van der Waals surface area contributed by atoms with Crippen LogP contribution >= 0.6 is 11.3 Å². The van der Waals surface area contributed by atoms with Crippen LogP contribution in [-0.4, -0.2) is 0 Å². The Morgan fingerprint density at radius 3 is 2.04 bits per heavy atom. The monoisotopic (exact) mass is 617 g/mol. The second-order valence-corrected chi connectivity index (χ2v) is 13.2. The minimum Gasteiger partial charge on any atom is -0.456 e. The standard InChI is InChI=1S/C44H27NOS/c1-2-10-28(11-3-1)33-12-4-7-15-38(33)45(32-23-24-35-34-13-5-8-16-39(34)46-40(35)27-32)31-22-20-29-18-19-30-21-25-42-44(43(30)37(29)26-31)36-14-6-9-17-41(36)47-42/h1-27H. The molecular weight excluding hydrogens is 591 g/mol. The van der Waals surface area contributed by atoms with Crippen LogP contribution in [0.15, 0.2) is 168 Å². The first-order chi connectivity index (χ1) is 23.3. The van der Waals surface area contributed by atoms with Crippen molar-refractivity contribution in [3.63, 3.8) is 0 Å². The van der Waals surface area contributed by atoms with Gasteiger partial charge < -0.3 is 9.32 Å². The van der Waals surface area contributed by atoms with Gasteiger partial charge in [-0.05, 0) is 75.6 Å². The zero-order chi connectivity index (χ0) is 30.9. The van der Waals surface area contributed by atoms with Crippen LogP contribution in [0.2, 0.25) is 0 Å². The number of rotatable bonds is 4. The molecule has 0 bridgehead atoms. The van der Waals surface area contributed by atoms with Crippen molar-refractivity contribution in [2.24, 2.45) is 0 Å². The second-order valence-electron chi connectivity index (χ2n) is 12.1. The van der Waals surface area contributed by atoms with E-state index in [4.69, 9.17) is 4.42 Å². The molecule has 0 amide bonds. The summed E-state index contributed by atoms with van der Waals surface area (Å²) in [5.41, 5.74) is 7.38. The van der Waals surface area contributed by atoms with Crippen molar-refractivity contribution in [1.29, 1.82) is 0 Å². The molecule has 0 spiro atoms. The van der Waals surface area contributed by atoms with Gasteiger partial charge in [-0.2, -0.15) is 0 Å². The zero-order valence-electron chi connectivity index (χ0n) is 25.4. The Morgan fingerprint density at radius 1 is 0.426 bits per heavy atom. The molecule has 2 heterocycles. The summed E-state index contributed by atoms with van der Waals surface area (Å²) < 4.78 is 9.05. The van der Waals surface area contributed by atoms with Gasteiger partial charge in [0.2, 0.25) is 0 Å². The molecule has 0 aliphatic heterocycles. The van der Waals surface area contributed by atoms with Gasteiger partial charge in [0.15, 0.2) is 0 Å². The van der Waals surface area contributed by atoms with Gasteiger partial charge in [0.05, 0.1) is 5.69 Å². The first-order valence-electron chi connectivity index (χ1n) is 15.9. The zero-order valence-corrected chi connectivity index (χ0v) is 26.2. The van der Waals surface area contributed by atoms with Crippen LogP contribution < -0.4 is 4.90 Å². The minimum absolute atomic E-state index is 0.878. The Bertz CT molecular complexity index is 2810. The molecular formula is C44H27NOS. The van der Waals surface area contributed by atoms with Gasteiger partial charge in [-0.15, -0.1) is 11.3 Å². The lowest BCUT2D eigenvalue weighted by Crippen LogP contribution is -2.11. The first kappa shape index (κ1) is 26.3. The Hall–Kier alpha value is -5.90. The highest BCUT2D eigenvalue weighted by atomic mass is 32.1. The highest BCUT2D eigenvalue weighted by Gasteiger charge is 2.20. The lowest BCUT2D eigenvalue weighted by atomic mass is 9.96. The molecule has 0 saturated heterocycles. The van der Waals surface area contributed by atoms with E-state index in [1.807, 2.05) is 23.5 Å². The molecule has 2 nitrogen and oxygen atoms in total. The fourth-order valence-corrected chi connectivity index (χ4v) is 8.41. The highest BCUT2D eigenvalue weighted by Crippen LogP contribution is 2.46. The molecule has 0 N–H and O–H groups in total. The summed E-state index contributed by atoms with van der Waals surface area (Å²) in [6, 6.07) is 59.0. The van der Waals surface area contributed by atoms with Crippen LogP contribution in [0.25, 0.3) is 74.8 Å². The molecule has 0 radical (unpaired) electrons. The summed E-state index contributed by atoms with van der Waals surface area (Å²) in [5, 5.41) is 9.96. The third-order valence-electron chi connectivity index (χ3n) is 9.43. The summed E-state index contributed by atoms with van der Waals surface area (Å²) in [6.45, 7) is 0. The van der Waals surface area contributed by atoms with Crippen molar-refractivity contribution in [2.45, 2.75) is 0 Å². The average Bonchev–Trinajstić information content (AvgIpc) is 3.70. The lowest BCUT2D eigenvalue weighted by molar-refractivity contribution is 0.669. The molecule has 3 heteroatoms.